The molecule has 2 aromatic rings. The fourth-order valence-corrected chi connectivity index (χ4v) is 4.36. The first-order chi connectivity index (χ1) is 11.8. The van der Waals surface area contributed by atoms with E-state index in [0.717, 1.165) is 42.4 Å². The topological polar surface area (TPSA) is 38.0 Å². The van der Waals surface area contributed by atoms with E-state index in [-0.39, 0.29) is 11.8 Å². The number of nitrogens with zero attached hydrogens (tertiary/aromatic N) is 2. The molecule has 0 bridgehead atoms. The van der Waals surface area contributed by atoms with Crippen molar-refractivity contribution in [3.8, 4) is 5.75 Å². The van der Waals surface area contributed by atoms with Crippen LogP contribution in [0.3, 0.4) is 0 Å². The van der Waals surface area contributed by atoms with Crippen LogP contribution < -0.4 is 4.74 Å². The lowest BCUT2D eigenvalue weighted by Gasteiger charge is -2.50. The van der Waals surface area contributed by atoms with Crippen molar-refractivity contribution in [2.24, 2.45) is 11.0 Å². The van der Waals surface area contributed by atoms with Crippen molar-refractivity contribution in [3.63, 3.8) is 0 Å². The van der Waals surface area contributed by atoms with Crippen molar-refractivity contribution in [2.75, 3.05) is 0 Å². The summed E-state index contributed by atoms with van der Waals surface area (Å²) < 4.78 is 12.2. The minimum atomic E-state index is -0.292. The second-order valence-electron chi connectivity index (χ2n) is 7.36. The van der Waals surface area contributed by atoms with Crippen molar-refractivity contribution in [1.82, 2.24) is 5.01 Å². The Morgan fingerprint density at radius 2 is 1.96 bits per heavy atom. The maximum absolute atomic E-state index is 6.58. The molecule has 124 valence electrons. The third-order valence-electron chi connectivity index (χ3n) is 5.77. The number of hydrazone groups is 1. The molecule has 0 saturated heterocycles. The molecule has 1 spiro atoms. The Hall–Kier alpha value is -2.23. The lowest BCUT2D eigenvalue weighted by Crippen LogP contribution is -2.55. The Kier molecular flexibility index (Phi) is 3.02. The second-order valence-corrected chi connectivity index (χ2v) is 7.36. The molecule has 3 heterocycles. The summed E-state index contributed by atoms with van der Waals surface area (Å²) in [5.41, 5.74) is 1.98. The van der Waals surface area contributed by atoms with Gasteiger partial charge in [-0.2, -0.15) is 5.10 Å². The van der Waals surface area contributed by atoms with E-state index >= 15 is 0 Å². The number of benzene rings is 1. The van der Waals surface area contributed by atoms with E-state index in [1.54, 1.807) is 6.26 Å². The highest BCUT2D eigenvalue weighted by Crippen LogP contribution is 2.51. The van der Waals surface area contributed by atoms with Crippen LogP contribution in [0.1, 0.15) is 56.4 Å². The molecular formula is C20H22N2O2. The molecule has 1 fully saturated rings. The molecule has 0 amide bonds. The molecule has 4 heteroatoms. The van der Waals surface area contributed by atoms with Gasteiger partial charge in [0.25, 0.3) is 0 Å². The van der Waals surface area contributed by atoms with E-state index in [4.69, 9.17) is 14.3 Å². The van der Waals surface area contributed by atoms with Crippen molar-refractivity contribution >= 4 is 5.71 Å². The highest BCUT2D eigenvalue weighted by molar-refractivity contribution is 5.99. The van der Waals surface area contributed by atoms with Gasteiger partial charge in [-0.1, -0.05) is 25.1 Å². The molecule has 1 aromatic carbocycles. The average molecular weight is 322 g/mol. The maximum atomic E-state index is 6.58. The number of ether oxygens (including phenoxy) is 1. The molecule has 0 radical (unpaired) electrons. The number of hydrogen-bond donors (Lipinski definition) is 0. The Morgan fingerprint density at radius 1 is 1.12 bits per heavy atom. The quantitative estimate of drug-likeness (QED) is 0.762. The fourth-order valence-electron chi connectivity index (χ4n) is 4.36. The van der Waals surface area contributed by atoms with Gasteiger partial charge < -0.3 is 9.15 Å². The monoisotopic (exact) mass is 322 g/mol. The van der Waals surface area contributed by atoms with E-state index in [9.17, 15) is 0 Å². The van der Waals surface area contributed by atoms with Crippen LogP contribution in [0.2, 0.25) is 0 Å². The molecule has 5 rings (SSSR count). The summed E-state index contributed by atoms with van der Waals surface area (Å²) in [5.74, 6) is 2.68. The van der Waals surface area contributed by atoms with Gasteiger partial charge in [-0.15, -0.1) is 0 Å². The van der Waals surface area contributed by atoms with Crippen LogP contribution in [0, 0.1) is 5.92 Å². The first-order valence-electron chi connectivity index (χ1n) is 8.94. The Morgan fingerprint density at radius 3 is 2.75 bits per heavy atom. The van der Waals surface area contributed by atoms with Gasteiger partial charge >= 0.3 is 0 Å². The van der Waals surface area contributed by atoms with E-state index in [1.807, 2.05) is 12.1 Å². The zero-order valence-electron chi connectivity index (χ0n) is 13.9. The molecule has 4 nitrogen and oxygen atoms in total. The van der Waals surface area contributed by atoms with Crippen molar-refractivity contribution in [1.29, 1.82) is 0 Å². The first kappa shape index (κ1) is 14.1. The second kappa shape index (κ2) is 5.13. The summed E-state index contributed by atoms with van der Waals surface area (Å²) >= 11 is 0. The molecule has 1 unspecified atom stereocenters. The van der Waals surface area contributed by atoms with Crippen molar-refractivity contribution < 1.29 is 9.15 Å². The Bertz CT molecular complexity index is 773. The largest absolute Gasteiger partial charge is 0.466 e. The predicted octanol–water partition coefficient (Wildman–Crippen LogP) is 4.73. The highest BCUT2D eigenvalue weighted by Gasteiger charge is 2.51. The summed E-state index contributed by atoms with van der Waals surface area (Å²) in [6.45, 7) is 2.34. The highest BCUT2D eigenvalue weighted by atomic mass is 16.5. The lowest BCUT2D eigenvalue weighted by molar-refractivity contribution is -0.145. The Labute approximate surface area is 142 Å². The zero-order valence-corrected chi connectivity index (χ0v) is 13.9. The minimum absolute atomic E-state index is 0.253. The van der Waals surface area contributed by atoms with E-state index in [2.05, 4.69) is 36.2 Å². The van der Waals surface area contributed by atoms with Gasteiger partial charge in [-0.3, -0.25) is 0 Å². The average Bonchev–Trinajstić information content (AvgIpc) is 3.27. The van der Waals surface area contributed by atoms with Gasteiger partial charge in [0.1, 0.15) is 17.2 Å². The molecule has 1 aliphatic carbocycles. The summed E-state index contributed by atoms with van der Waals surface area (Å²) in [5, 5.41) is 7.23. The number of para-hydroxylation sites is 1. The zero-order chi connectivity index (χ0) is 16.1. The fraction of sp³-hybridized carbons (Fsp3) is 0.450. The van der Waals surface area contributed by atoms with Crippen LogP contribution in [-0.4, -0.2) is 16.4 Å². The van der Waals surface area contributed by atoms with Gasteiger partial charge in [0.2, 0.25) is 0 Å². The number of rotatable bonds is 1. The molecule has 24 heavy (non-hydrogen) atoms. The summed E-state index contributed by atoms with van der Waals surface area (Å²) in [6, 6.07) is 12.6. The lowest BCUT2D eigenvalue weighted by atomic mass is 9.82. The molecular weight excluding hydrogens is 300 g/mol. The summed E-state index contributed by atoms with van der Waals surface area (Å²) in [4.78, 5) is 0. The van der Waals surface area contributed by atoms with Gasteiger partial charge in [-0.25, -0.2) is 5.01 Å². The summed E-state index contributed by atoms with van der Waals surface area (Å²) in [6.07, 6.45) is 7.05. The molecule has 2 aliphatic heterocycles. The molecule has 3 aliphatic rings. The van der Waals surface area contributed by atoms with Crippen LogP contribution in [0.4, 0.5) is 0 Å². The number of furan rings is 1. The van der Waals surface area contributed by atoms with Crippen LogP contribution >= 0.6 is 0 Å². The molecule has 1 atom stereocenters. The number of fused-ring (bicyclic) bond motifs is 4. The first-order valence-corrected chi connectivity index (χ1v) is 8.94. The Balaban J connectivity index is 1.59. The van der Waals surface area contributed by atoms with Crippen LogP contribution in [-0.2, 0) is 0 Å². The molecule has 0 N–H and O–H groups in total. The predicted molar refractivity (Wildman–Crippen MR) is 91.9 cm³/mol. The SMILES string of the molecule is CC1CCC2(CC1)Oc1ccccc1C1CC(c3ccco3)=NN12. The third kappa shape index (κ3) is 2.02. The van der Waals surface area contributed by atoms with E-state index in [1.165, 1.54) is 18.4 Å². The molecule has 1 aromatic heterocycles. The normalized spacial score (nSPS) is 31.4. The molecule has 1 saturated carbocycles. The summed E-state index contributed by atoms with van der Waals surface area (Å²) in [7, 11) is 0. The van der Waals surface area contributed by atoms with Gasteiger partial charge in [0.15, 0.2) is 5.72 Å². The van der Waals surface area contributed by atoms with Gasteiger partial charge in [0, 0.05) is 24.8 Å². The van der Waals surface area contributed by atoms with E-state index in [0.29, 0.717) is 0 Å². The number of hydrogen-bond acceptors (Lipinski definition) is 4. The van der Waals surface area contributed by atoms with Crippen molar-refractivity contribution in [3.05, 3.63) is 54.0 Å². The van der Waals surface area contributed by atoms with Gasteiger partial charge in [0.05, 0.1) is 12.3 Å². The third-order valence-corrected chi connectivity index (χ3v) is 5.77. The maximum Gasteiger partial charge on any atom is 0.198 e. The van der Waals surface area contributed by atoms with Gasteiger partial charge in [-0.05, 0) is 37.0 Å². The van der Waals surface area contributed by atoms with Crippen molar-refractivity contribution in [2.45, 2.75) is 50.8 Å². The van der Waals surface area contributed by atoms with E-state index < -0.39 is 0 Å². The van der Waals surface area contributed by atoms with Crippen LogP contribution in [0.15, 0.2) is 52.2 Å². The smallest absolute Gasteiger partial charge is 0.198 e. The standard InChI is InChI=1S/C20H22N2O2/c1-14-8-10-20(11-9-14)22-17(15-5-2-3-6-18(15)24-20)13-16(21-22)19-7-4-12-23-19/h2-7,12,14,17H,8-11,13H2,1H3. The minimum Gasteiger partial charge on any atom is -0.466 e. The van der Waals surface area contributed by atoms with Crippen LogP contribution in [0.5, 0.6) is 5.75 Å². The van der Waals surface area contributed by atoms with Crippen LogP contribution in [0.25, 0.3) is 0 Å².